The predicted octanol–water partition coefficient (Wildman–Crippen LogP) is 1.89. The standard InChI is InChI=1S/C18H25N3O3/c1-13(2)19-18(23)21-9-7-20(8-10-21)17(22)15-5-6-16-14(12-15)4-3-11-24-16/h5-6,12-13H,3-4,7-11H2,1-2H3,(H,19,23). The molecule has 0 aromatic heterocycles. The zero-order valence-electron chi connectivity index (χ0n) is 14.4. The maximum atomic E-state index is 12.7. The number of nitrogens with zero attached hydrogens (tertiary/aromatic N) is 2. The minimum Gasteiger partial charge on any atom is -0.493 e. The van der Waals surface area contributed by atoms with E-state index in [-0.39, 0.29) is 18.0 Å². The summed E-state index contributed by atoms with van der Waals surface area (Å²) in [4.78, 5) is 28.3. The van der Waals surface area contributed by atoms with Crippen molar-refractivity contribution in [2.45, 2.75) is 32.7 Å². The van der Waals surface area contributed by atoms with E-state index in [4.69, 9.17) is 4.74 Å². The first-order chi connectivity index (χ1) is 11.5. The molecular formula is C18H25N3O3. The number of hydrogen-bond acceptors (Lipinski definition) is 3. The van der Waals surface area contributed by atoms with Crippen molar-refractivity contribution in [3.8, 4) is 5.75 Å². The molecule has 2 aliphatic rings. The highest BCUT2D eigenvalue weighted by atomic mass is 16.5. The Morgan fingerprint density at radius 1 is 1.12 bits per heavy atom. The van der Waals surface area contributed by atoms with Gasteiger partial charge in [0.25, 0.3) is 5.91 Å². The molecule has 2 aliphatic heterocycles. The summed E-state index contributed by atoms with van der Waals surface area (Å²) in [5.74, 6) is 0.931. The van der Waals surface area contributed by atoms with Gasteiger partial charge in [0.15, 0.2) is 0 Å². The summed E-state index contributed by atoms with van der Waals surface area (Å²) in [6, 6.07) is 5.76. The number of fused-ring (bicyclic) bond motifs is 1. The van der Waals surface area contributed by atoms with E-state index in [2.05, 4.69) is 5.32 Å². The molecule has 0 radical (unpaired) electrons. The summed E-state index contributed by atoms with van der Waals surface area (Å²) in [7, 11) is 0. The number of rotatable bonds is 2. The van der Waals surface area contributed by atoms with Crippen molar-refractivity contribution in [3.05, 3.63) is 29.3 Å². The number of carbonyl (C=O) groups excluding carboxylic acids is 2. The first kappa shape index (κ1) is 16.6. The highest BCUT2D eigenvalue weighted by Gasteiger charge is 2.25. The maximum Gasteiger partial charge on any atom is 0.317 e. The largest absolute Gasteiger partial charge is 0.493 e. The van der Waals surface area contributed by atoms with Crippen LogP contribution in [0.4, 0.5) is 4.79 Å². The molecule has 6 nitrogen and oxygen atoms in total. The van der Waals surface area contributed by atoms with E-state index >= 15 is 0 Å². The fourth-order valence-electron chi connectivity index (χ4n) is 3.13. The van der Waals surface area contributed by atoms with Gasteiger partial charge in [-0.25, -0.2) is 4.79 Å². The Hall–Kier alpha value is -2.24. The topological polar surface area (TPSA) is 61.9 Å². The third kappa shape index (κ3) is 3.63. The quantitative estimate of drug-likeness (QED) is 0.900. The van der Waals surface area contributed by atoms with Crippen LogP contribution in [0.15, 0.2) is 18.2 Å². The lowest BCUT2D eigenvalue weighted by Crippen LogP contribution is -2.54. The van der Waals surface area contributed by atoms with Gasteiger partial charge in [-0.05, 0) is 50.5 Å². The number of hydrogen-bond donors (Lipinski definition) is 1. The van der Waals surface area contributed by atoms with Gasteiger partial charge in [0.05, 0.1) is 6.61 Å². The van der Waals surface area contributed by atoms with E-state index in [9.17, 15) is 9.59 Å². The molecule has 1 saturated heterocycles. The monoisotopic (exact) mass is 331 g/mol. The molecule has 1 aromatic carbocycles. The van der Waals surface area contributed by atoms with E-state index in [1.807, 2.05) is 36.9 Å². The zero-order chi connectivity index (χ0) is 17.1. The fraction of sp³-hybridized carbons (Fsp3) is 0.556. The smallest absolute Gasteiger partial charge is 0.317 e. The predicted molar refractivity (Wildman–Crippen MR) is 91.4 cm³/mol. The molecule has 1 fully saturated rings. The summed E-state index contributed by atoms with van der Waals surface area (Å²) in [5.41, 5.74) is 1.82. The maximum absolute atomic E-state index is 12.7. The average Bonchev–Trinajstić information content (AvgIpc) is 2.60. The molecule has 1 N–H and O–H groups in total. The lowest BCUT2D eigenvalue weighted by atomic mass is 10.0. The molecule has 3 amide bonds. The van der Waals surface area contributed by atoms with Crippen LogP contribution in [-0.2, 0) is 6.42 Å². The summed E-state index contributed by atoms with van der Waals surface area (Å²) in [5, 5.41) is 2.89. The lowest BCUT2D eigenvalue weighted by Gasteiger charge is -2.35. The van der Waals surface area contributed by atoms with Crippen LogP contribution in [0.2, 0.25) is 0 Å². The van der Waals surface area contributed by atoms with Crippen molar-refractivity contribution in [1.29, 1.82) is 0 Å². The van der Waals surface area contributed by atoms with Crippen LogP contribution in [0, 0.1) is 0 Å². The van der Waals surface area contributed by atoms with Crippen molar-refractivity contribution >= 4 is 11.9 Å². The van der Waals surface area contributed by atoms with E-state index in [0.29, 0.717) is 31.7 Å². The van der Waals surface area contributed by atoms with Crippen LogP contribution in [0.1, 0.15) is 36.2 Å². The molecule has 0 aliphatic carbocycles. The van der Waals surface area contributed by atoms with E-state index in [1.165, 1.54) is 0 Å². The second kappa shape index (κ2) is 7.11. The molecule has 0 atom stereocenters. The Kier molecular flexibility index (Phi) is 4.92. The van der Waals surface area contributed by atoms with Gasteiger partial charge in [-0.1, -0.05) is 0 Å². The Labute approximate surface area is 142 Å². The second-order valence-corrected chi connectivity index (χ2v) is 6.66. The molecule has 0 bridgehead atoms. The van der Waals surface area contributed by atoms with Crippen molar-refractivity contribution in [2.75, 3.05) is 32.8 Å². The van der Waals surface area contributed by atoms with Gasteiger partial charge in [0, 0.05) is 37.8 Å². The molecule has 0 saturated carbocycles. The number of nitrogens with one attached hydrogen (secondary N) is 1. The first-order valence-corrected chi connectivity index (χ1v) is 8.65. The third-order valence-corrected chi connectivity index (χ3v) is 4.42. The molecule has 24 heavy (non-hydrogen) atoms. The summed E-state index contributed by atoms with van der Waals surface area (Å²) in [6.07, 6.45) is 1.95. The molecule has 3 rings (SSSR count). The van der Waals surface area contributed by atoms with Gasteiger partial charge in [0.1, 0.15) is 5.75 Å². The number of amides is 3. The zero-order valence-corrected chi connectivity index (χ0v) is 14.4. The molecule has 2 heterocycles. The SMILES string of the molecule is CC(C)NC(=O)N1CCN(C(=O)c2ccc3c(c2)CCCO3)CC1. The van der Waals surface area contributed by atoms with Crippen molar-refractivity contribution in [2.24, 2.45) is 0 Å². The van der Waals surface area contributed by atoms with Gasteiger partial charge in [0.2, 0.25) is 0 Å². The molecule has 130 valence electrons. The molecule has 0 unspecified atom stereocenters. The number of carbonyl (C=O) groups is 2. The van der Waals surface area contributed by atoms with Crippen LogP contribution in [0.5, 0.6) is 5.75 Å². The minimum atomic E-state index is -0.0528. The Morgan fingerprint density at radius 3 is 2.54 bits per heavy atom. The first-order valence-electron chi connectivity index (χ1n) is 8.65. The number of ether oxygens (including phenoxy) is 1. The van der Waals surface area contributed by atoms with Crippen LogP contribution in [-0.4, -0.2) is 60.6 Å². The molecule has 0 spiro atoms. The summed E-state index contributed by atoms with van der Waals surface area (Å²) >= 11 is 0. The van der Waals surface area contributed by atoms with Gasteiger partial charge >= 0.3 is 6.03 Å². The van der Waals surface area contributed by atoms with Gasteiger partial charge in [-0.2, -0.15) is 0 Å². The Bertz CT molecular complexity index is 622. The number of aryl methyl sites for hydroxylation is 1. The molecule has 6 heteroatoms. The molecule has 1 aromatic rings. The normalized spacial score (nSPS) is 17.3. The van der Waals surface area contributed by atoms with Gasteiger partial charge in [-0.3, -0.25) is 4.79 Å². The highest BCUT2D eigenvalue weighted by Crippen LogP contribution is 2.26. The number of benzene rings is 1. The van der Waals surface area contributed by atoms with Crippen LogP contribution < -0.4 is 10.1 Å². The third-order valence-electron chi connectivity index (χ3n) is 4.42. The lowest BCUT2D eigenvalue weighted by molar-refractivity contribution is 0.0663. The van der Waals surface area contributed by atoms with E-state index in [0.717, 1.165) is 30.8 Å². The second-order valence-electron chi connectivity index (χ2n) is 6.66. The van der Waals surface area contributed by atoms with Crippen molar-refractivity contribution in [1.82, 2.24) is 15.1 Å². The highest BCUT2D eigenvalue weighted by molar-refractivity contribution is 5.94. The summed E-state index contributed by atoms with van der Waals surface area (Å²) in [6.45, 7) is 6.90. The van der Waals surface area contributed by atoms with Crippen LogP contribution in [0.25, 0.3) is 0 Å². The number of urea groups is 1. The minimum absolute atomic E-state index is 0.0345. The van der Waals surface area contributed by atoms with Crippen molar-refractivity contribution < 1.29 is 14.3 Å². The van der Waals surface area contributed by atoms with E-state index in [1.54, 1.807) is 4.90 Å². The fourth-order valence-corrected chi connectivity index (χ4v) is 3.13. The Morgan fingerprint density at radius 2 is 1.83 bits per heavy atom. The number of piperazine rings is 1. The van der Waals surface area contributed by atoms with Gasteiger partial charge in [-0.15, -0.1) is 0 Å². The van der Waals surface area contributed by atoms with E-state index < -0.39 is 0 Å². The molecular weight excluding hydrogens is 306 g/mol. The van der Waals surface area contributed by atoms with Crippen molar-refractivity contribution in [3.63, 3.8) is 0 Å². The van der Waals surface area contributed by atoms with Crippen LogP contribution in [0.3, 0.4) is 0 Å². The van der Waals surface area contributed by atoms with Gasteiger partial charge < -0.3 is 19.9 Å². The Balaban J connectivity index is 1.60. The average molecular weight is 331 g/mol. The van der Waals surface area contributed by atoms with Crippen LogP contribution >= 0.6 is 0 Å². The summed E-state index contributed by atoms with van der Waals surface area (Å²) < 4.78 is 5.60.